The molecule has 0 aromatic carbocycles. The van der Waals surface area contributed by atoms with Crippen molar-refractivity contribution in [2.75, 3.05) is 11.9 Å². The first-order chi connectivity index (χ1) is 9.60. The molecule has 0 aliphatic rings. The summed E-state index contributed by atoms with van der Waals surface area (Å²) in [5.41, 5.74) is 2.62. The first kappa shape index (κ1) is 14.5. The van der Waals surface area contributed by atoms with Gasteiger partial charge in [-0.15, -0.1) is 11.3 Å². The lowest BCUT2D eigenvalue weighted by Crippen LogP contribution is -2.23. The van der Waals surface area contributed by atoms with Gasteiger partial charge in [0.2, 0.25) is 0 Å². The van der Waals surface area contributed by atoms with E-state index in [0.717, 1.165) is 17.1 Å². The molecule has 0 fully saturated rings. The van der Waals surface area contributed by atoms with E-state index in [1.165, 1.54) is 10.4 Å². The topological polar surface area (TPSA) is 54.0 Å². The van der Waals surface area contributed by atoms with Crippen LogP contribution in [0, 0.1) is 13.8 Å². The number of carbonyl (C=O) groups is 1. The van der Waals surface area contributed by atoms with Crippen LogP contribution in [0.2, 0.25) is 0 Å². The largest absolute Gasteiger partial charge is 0.385 e. The fourth-order valence-corrected chi connectivity index (χ4v) is 2.86. The summed E-state index contributed by atoms with van der Waals surface area (Å²) in [6.07, 6.45) is 1.65. The number of rotatable bonds is 5. The van der Waals surface area contributed by atoms with Crippen molar-refractivity contribution in [1.82, 2.24) is 10.3 Å². The number of amides is 1. The van der Waals surface area contributed by atoms with Crippen LogP contribution in [0.15, 0.2) is 24.4 Å². The number of thiophene rings is 1. The van der Waals surface area contributed by atoms with Gasteiger partial charge in [-0.2, -0.15) is 0 Å². The molecular weight excluding hydrogens is 270 g/mol. The molecule has 5 heteroatoms. The molecule has 2 heterocycles. The molecule has 0 radical (unpaired) electrons. The Morgan fingerprint density at radius 2 is 2.15 bits per heavy atom. The number of aryl methyl sites for hydroxylation is 2. The van der Waals surface area contributed by atoms with Crippen molar-refractivity contribution in [3.8, 4) is 0 Å². The minimum atomic E-state index is -0.145. The average Bonchev–Trinajstić information content (AvgIpc) is 2.76. The lowest BCUT2D eigenvalue weighted by molar-refractivity contribution is 0.0946. The third-order valence-corrected chi connectivity index (χ3v) is 4.17. The molecule has 0 spiro atoms. The van der Waals surface area contributed by atoms with Crippen LogP contribution in [0.25, 0.3) is 0 Å². The Kier molecular flexibility index (Phi) is 4.74. The molecule has 2 N–H and O–H groups in total. The molecule has 2 rings (SSSR count). The minimum absolute atomic E-state index is 0.145. The number of anilines is 1. The molecule has 2 aromatic heterocycles. The Morgan fingerprint density at radius 1 is 1.35 bits per heavy atom. The zero-order valence-electron chi connectivity index (χ0n) is 12.0. The van der Waals surface area contributed by atoms with Crippen LogP contribution >= 0.6 is 11.3 Å². The van der Waals surface area contributed by atoms with Gasteiger partial charge in [-0.05, 0) is 44.5 Å². The summed E-state index contributed by atoms with van der Waals surface area (Å²) in [4.78, 5) is 18.6. The van der Waals surface area contributed by atoms with Crippen molar-refractivity contribution in [1.29, 1.82) is 0 Å². The van der Waals surface area contributed by atoms with Crippen LogP contribution in [-0.2, 0) is 6.54 Å². The third kappa shape index (κ3) is 3.57. The van der Waals surface area contributed by atoms with Crippen molar-refractivity contribution in [2.45, 2.75) is 27.3 Å². The number of carbonyl (C=O) groups excluding carboxylic acids is 1. The summed E-state index contributed by atoms with van der Waals surface area (Å²) < 4.78 is 0. The van der Waals surface area contributed by atoms with Crippen LogP contribution < -0.4 is 10.6 Å². The predicted octanol–water partition coefficient (Wildman–Crippen LogP) is 3.12. The van der Waals surface area contributed by atoms with Crippen LogP contribution in [0.1, 0.15) is 32.7 Å². The van der Waals surface area contributed by atoms with Crippen molar-refractivity contribution < 1.29 is 4.79 Å². The van der Waals surface area contributed by atoms with Crippen LogP contribution in [0.3, 0.4) is 0 Å². The SMILES string of the molecule is CCNc1ccnc(C(=O)NCc2cc(C)c(C)s2)c1. The van der Waals surface area contributed by atoms with E-state index in [0.29, 0.717) is 12.2 Å². The second kappa shape index (κ2) is 6.52. The standard InChI is InChI=1S/C15H19N3OS/c1-4-16-12-5-6-17-14(8-12)15(19)18-9-13-7-10(2)11(3)20-13/h5-8H,4,9H2,1-3H3,(H,16,17)(H,18,19). The quantitative estimate of drug-likeness (QED) is 0.889. The van der Waals surface area contributed by atoms with Gasteiger partial charge in [0.05, 0.1) is 6.54 Å². The number of nitrogens with one attached hydrogen (secondary N) is 2. The number of nitrogens with zero attached hydrogens (tertiary/aromatic N) is 1. The van der Waals surface area contributed by atoms with Crippen molar-refractivity contribution in [2.24, 2.45) is 0 Å². The van der Waals surface area contributed by atoms with Crippen LogP contribution in [0.5, 0.6) is 0 Å². The highest BCUT2D eigenvalue weighted by molar-refractivity contribution is 7.12. The predicted molar refractivity (Wildman–Crippen MR) is 83.4 cm³/mol. The van der Waals surface area contributed by atoms with Gasteiger partial charge in [0, 0.05) is 28.2 Å². The normalized spacial score (nSPS) is 10.3. The number of pyridine rings is 1. The summed E-state index contributed by atoms with van der Waals surface area (Å²) >= 11 is 1.72. The molecule has 1 amide bonds. The lowest BCUT2D eigenvalue weighted by atomic mass is 10.2. The van der Waals surface area contributed by atoms with Gasteiger partial charge in [0.15, 0.2) is 0 Å². The number of hydrogen-bond donors (Lipinski definition) is 2. The van der Waals surface area contributed by atoms with E-state index in [4.69, 9.17) is 0 Å². The summed E-state index contributed by atoms with van der Waals surface area (Å²) in [5, 5.41) is 6.08. The van der Waals surface area contributed by atoms with E-state index in [1.807, 2.05) is 13.0 Å². The first-order valence-corrected chi connectivity index (χ1v) is 7.46. The van der Waals surface area contributed by atoms with Gasteiger partial charge in [-0.25, -0.2) is 0 Å². The van der Waals surface area contributed by atoms with Crippen molar-refractivity contribution in [3.63, 3.8) is 0 Å². The Bertz CT molecular complexity index is 587. The maximum Gasteiger partial charge on any atom is 0.270 e. The monoisotopic (exact) mass is 289 g/mol. The van der Waals surface area contributed by atoms with Crippen LogP contribution in [0.4, 0.5) is 5.69 Å². The second-order valence-corrected chi connectivity index (χ2v) is 5.94. The van der Waals surface area contributed by atoms with E-state index >= 15 is 0 Å². The molecular formula is C15H19N3OS. The van der Waals surface area contributed by atoms with Gasteiger partial charge >= 0.3 is 0 Å². The molecule has 0 atom stereocenters. The molecule has 0 aliphatic carbocycles. The average molecular weight is 289 g/mol. The van der Waals surface area contributed by atoms with Crippen molar-refractivity contribution >= 4 is 22.9 Å². The number of aromatic nitrogens is 1. The molecule has 0 aliphatic heterocycles. The van der Waals surface area contributed by atoms with E-state index < -0.39 is 0 Å². The Labute approximate surface area is 123 Å². The molecule has 0 bridgehead atoms. The maximum absolute atomic E-state index is 12.1. The van der Waals surface area contributed by atoms with E-state index in [2.05, 4.69) is 35.5 Å². The molecule has 0 saturated carbocycles. The third-order valence-electron chi connectivity index (χ3n) is 3.01. The first-order valence-electron chi connectivity index (χ1n) is 6.64. The van der Waals surface area contributed by atoms with Gasteiger partial charge < -0.3 is 10.6 Å². The highest BCUT2D eigenvalue weighted by Crippen LogP contribution is 2.20. The summed E-state index contributed by atoms with van der Waals surface area (Å²) in [6.45, 7) is 7.55. The Balaban J connectivity index is 1.99. The fourth-order valence-electron chi connectivity index (χ4n) is 1.86. The minimum Gasteiger partial charge on any atom is -0.385 e. The van der Waals surface area contributed by atoms with E-state index in [1.54, 1.807) is 23.6 Å². The molecule has 0 unspecified atom stereocenters. The maximum atomic E-state index is 12.1. The zero-order chi connectivity index (χ0) is 14.5. The van der Waals surface area contributed by atoms with Gasteiger partial charge in [0.1, 0.15) is 5.69 Å². The summed E-state index contributed by atoms with van der Waals surface area (Å²) in [5.74, 6) is -0.145. The molecule has 106 valence electrons. The molecule has 4 nitrogen and oxygen atoms in total. The molecule has 0 saturated heterocycles. The van der Waals surface area contributed by atoms with Gasteiger partial charge in [-0.3, -0.25) is 9.78 Å². The Morgan fingerprint density at radius 3 is 2.80 bits per heavy atom. The summed E-state index contributed by atoms with van der Waals surface area (Å²) in [6, 6.07) is 5.73. The smallest absolute Gasteiger partial charge is 0.270 e. The second-order valence-electron chi connectivity index (χ2n) is 4.59. The molecule has 2 aromatic rings. The fraction of sp³-hybridized carbons (Fsp3) is 0.333. The van der Waals surface area contributed by atoms with Crippen molar-refractivity contribution in [3.05, 3.63) is 45.4 Å². The van der Waals surface area contributed by atoms with Gasteiger partial charge in [0.25, 0.3) is 5.91 Å². The van der Waals surface area contributed by atoms with E-state index in [-0.39, 0.29) is 5.91 Å². The highest BCUT2D eigenvalue weighted by atomic mass is 32.1. The molecule has 20 heavy (non-hydrogen) atoms. The Hall–Kier alpha value is -1.88. The van der Waals surface area contributed by atoms with E-state index in [9.17, 15) is 4.79 Å². The number of hydrogen-bond acceptors (Lipinski definition) is 4. The summed E-state index contributed by atoms with van der Waals surface area (Å²) in [7, 11) is 0. The highest BCUT2D eigenvalue weighted by Gasteiger charge is 2.09. The van der Waals surface area contributed by atoms with Gasteiger partial charge in [-0.1, -0.05) is 0 Å². The zero-order valence-corrected chi connectivity index (χ0v) is 12.8. The lowest BCUT2D eigenvalue weighted by Gasteiger charge is -2.06. The van der Waals surface area contributed by atoms with Crippen LogP contribution in [-0.4, -0.2) is 17.4 Å².